The Morgan fingerprint density at radius 3 is 2.43 bits per heavy atom. The van der Waals surface area contributed by atoms with Gasteiger partial charge in [-0.3, -0.25) is 0 Å². The van der Waals surface area contributed by atoms with Crippen LogP contribution in [-0.2, 0) is 11.3 Å². The van der Waals surface area contributed by atoms with Gasteiger partial charge in [-0.15, -0.1) is 11.3 Å². The topological polar surface area (TPSA) is 78.9 Å². The predicted octanol–water partition coefficient (Wildman–Crippen LogP) is 4.27. The monoisotopic (exact) mass is 400 g/mol. The molecular weight excluding hydrogens is 380 g/mol. The number of hydrogen-bond acceptors (Lipinski definition) is 8. The van der Waals surface area contributed by atoms with Crippen LogP contribution in [0.4, 0.5) is 10.8 Å². The number of esters is 1. The largest absolute Gasteiger partial charge is 0.497 e. The van der Waals surface area contributed by atoms with Crippen LogP contribution in [0.25, 0.3) is 0 Å². The Morgan fingerprint density at radius 1 is 1.00 bits per heavy atom. The molecule has 0 unspecified atom stereocenters. The zero-order valence-electron chi connectivity index (χ0n) is 15.7. The van der Waals surface area contributed by atoms with Crippen molar-refractivity contribution in [1.29, 1.82) is 0 Å². The molecule has 146 valence electrons. The Kier molecular flexibility index (Phi) is 6.33. The van der Waals surface area contributed by atoms with E-state index >= 15 is 0 Å². The van der Waals surface area contributed by atoms with E-state index in [1.165, 1.54) is 25.6 Å². The minimum absolute atomic E-state index is 0.0774. The minimum atomic E-state index is -0.460. The van der Waals surface area contributed by atoms with Gasteiger partial charge in [0, 0.05) is 11.1 Å². The molecule has 1 heterocycles. The third-order valence-electron chi connectivity index (χ3n) is 3.86. The van der Waals surface area contributed by atoms with Crippen molar-refractivity contribution in [3.63, 3.8) is 0 Å². The Bertz CT molecular complexity index is 940. The zero-order chi connectivity index (χ0) is 19.9. The van der Waals surface area contributed by atoms with Crippen molar-refractivity contribution in [1.82, 2.24) is 4.98 Å². The molecule has 8 heteroatoms. The molecule has 28 heavy (non-hydrogen) atoms. The molecule has 0 spiro atoms. The van der Waals surface area contributed by atoms with Crippen molar-refractivity contribution in [3.8, 4) is 17.2 Å². The van der Waals surface area contributed by atoms with E-state index in [-0.39, 0.29) is 6.61 Å². The second kappa shape index (κ2) is 9.09. The highest BCUT2D eigenvalue weighted by molar-refractivity contribution is 7.13. The fourth-order valence-corrected chi connectivity index (χ4v) is 3.13. The third-order valence-corrected chi connectivity index (χ3v) is 4.67. The van der Waals surface area contributed by atoms with Gasteiger partial charge in [0.25, 0.3) is 0 Å². The number of methoxy groups -OCH3 is 3. The number of carbonyl (C=O) groups is 1. The summed E-state index contributed by atoms with van der Waals surface area (Å²) in [6.45, 7) is 0.0774. The van der Waals surface area contributed by atoms with Crippen LogP contribution in [0, 0.1) is 0 Å². The van der Waals surface area contributed by atoms with Gasteiger partial charge < -0.3 is 24.3 Å². The summed E-state index contributed by atoms with van der Waals surface area (Å²) < 4.78 is 20.9. The third kappa shape index (κ3) is 4.72. The van der Waals surface area contributed by atoms with E-state index in [9.17, 15) is 4.79 Å². The maximum absolute atomic E-state index is 12.3. The molecule has 0 amide bonds. The second-order valence-electron chi connectivity index (χ2n) is 5.64. The highest BCUT2D eigenvalue weighted by atomic mass is 32.1. The number of carbonyl (C=O) groups excluding carboxylic acids is 1. The van der Waals surface area contributed by atoms with Crippen molar-refractivity contribution < 1.29 is 23.7 Å². The first kappa shape index (κ1) is 19.5. The summed E-state index contributed by atoms with van der Waals surface area (Å²) in [5, 5.41) is 5.76. The number of thiazole rings is 1. The molecule has 0 radical (unpaired) electrons. The Morgan fingerprint density at radius 2 is 1.75 bits per heavy atom. The molecule has 0 bridgehead atoms. The molecule has 0 atom stereocenters. The van der Waals surface area contributed by atoms with Crippen LogP contribution in [0.2, 0.25) is 0 Å². The maximum Gasteiger partial charge on any atom is 0.338 e. The quantitative estimate of drug-likeness (QED) is 0.566. The summed E-state index contributed by atoms with van der Waals surface area (Å²) in [4.78, 5) is 16.7. The molecular formula is C20H20N2O5S. The summed E-state index contributed by atoms with van der Waals surface area (Å²) in [7, 11) is 4.67. The van der Waals surface area contributed by atoms with Crippen molar-refractivity contribution >= 4 is 28.1 Å². The Balaban J connectivity index is 1.58. The van der Waals surface area contributed by atoms with Crippen molar-refractivity contribution in [3.05, 3.63) is 59.1 Å². The summed E-state index contributed by atoms with van der Waals surface area (Å²) >= 11 is 1.43. The van der Waals surface area contributed by atoms with Crippen LogP contribution in [0.15, 0.2) is 47.8 Å². The van der Waals surface area contributed by atoms with E-state index in [4.69, 9.17) is 18.9 Å². The van der Waals surface area contributed by atoms with Crippen LogP contribution in [0.5, 0.6) is 17.2 Å². The van der Waals surface area contributed by atoms with Gasteiger partial charge in [-0.05, 0) is 42.5 Å². The molecule has 0 fully saturated rings. The minimum Gasteiger partial charge on any atom is -0.497 e. The lowest BCUT2D eigenvalue weighted by atomic mass is 10.2. The van der Waals surface area contributed by atoms with E-state index in [0.717, 1.165) is 11.4 Å². The van der Waals surface area contributed by atoms with Crippen LogP contribution in [0.1, 0.15) is 16.1 Å². The first-order valence-corrected chi connectivity index (χ1v) is 9.25. The number of nitrogens with zero attached hydrogens (tertiary/aromatic N) is 1. The summed E-state index contributed by atoms with van der Waals surface area (Å²) in [5.74, 6) is 1.34. The van der Waals surface area contributed by atoms with Gasteiger partial charge in [-0.25, -0.2) is 9.78 Å². The smallest absolute Gasteiger partial charge is 0.338 e. The molecule has 1 aromatic heterocycles. The molecule has 3 rings (SSSR count). The van der Waals surface area contributed by atoms with Gasteiger partial charge in [0.05, 0.1) is 32.6 Å². The number of aromatic nitrogens is 1. The SMILES string of the molecule is COc1ccc(Nc2nc(COC(=O)c3ccc(OC)c(OC)c3)cs2)cc1. The lowest BCUT2D eigenvalue weighted by molar-refractivity contribution is 0.0468. The second-order valence-corrected chi connectivity index (χ2v) is 6.50. The number of ether oxygens (including phenoxy) is 4. The maximum atomic E-state index is 12.3. The van der Waals surface area contributed by atoms with Gasteiger partial charge in [-0.2, -0.15) is 0 Å². The van der Waals surface area contributed by atoms with Gasteiger partial charge in [0.2, 0.25) is 0 Å². The van der Waals surface area contributed by atoms with Crippen LogP contribution in [-0.4, -0.2) is 32.3 Å². The van der Waals surface area contributed by atoms with E-state index in [1.807, 2.05) is 29.6 Å². The van der Waals surface area contributed by atoms with E-state index < -0.39 is 5.97 Å². The Hall–Kier alpha value is -3.26. The van der Waals surface area contributed by atoms with E-state index in [0.29, 0.717) is 27.9 Å². The van der Waals surface area contributed by atoms with Gasteiger partial charge >= 0.3 is 5.97 Å². The average Bonchev–Trinajstić information content (AvgIpc) is 3.19. The van der Waals surface area contributed by atoms with Crippen molar-refractivity contribution in [2.24, 2.45) is 0 Å². The van der Waals surface area contributed by atoms with Crippen LogP contribution >= 0.6 is 11.3 Å². The normalized spacial score (nSPS) is 10.2. The summed E-state index contributed by atoms with van der Waals surface area (Å²) in [6.07, 6.45) is 0. The van der Waals surface area contributed by atoms with Crippen LogP contribution < -0.4 is 19.5 Å². The number of anilines is 2. The zero-order valence-corrected chi connectivity index (χ0v) is 16.5. The number of nitrogens with one attached hydrogen (secondary N) is 1. The standard InChI is InChI=1S/C20H20N2O5S/c1-24-16-7-5-14(6-8-16)21-20-22-15(12-28-20)11-27-19(23)13-4-9-17(25-2)18(10-13)26-3/h4-10,12H,11H2,1-3H3,(H,21,22). The molecule has 0 aliphatic rings. The lowest BCUT2D eigenvalue weighted by Crippen LogP contribution is -2.06. The molecule has 0 aliphatic heterocycles. The Labute approximate surface area is 166 Å². The van der Waals surface area contributed by atoms with E-state index in [2.05, 4.69) is 10.3 Å². The van der Waals surface area contributed by atoms with Crippen molar-refractivity contribution in [2.45, 2.75) is 6.61 Å². The molecule has 1 N–H and O–H groups in total. The molecule has 7 nitrogen and oxygen atoms in total. The molecule has 0 saturated carbocycles. The van der Waals surface area contributed by atoms with Gasteiger partial charge in [-0.1, -0.05) is 0 Å². The number of rotatable bonds is 8. The lowest BCUT2D eigenvalue weighted by Gasteiger charge is -2.09. The van der Waals surface area contributed by atoms with E-state index in [1.54, 1.807) is 25.3 Å². The highest BCUT2D eigenvalue weighted by Gasteiger charge is 2.13. The van der Waals surface area contributed by atoms with Crippen LogP contribution in [0.3, 0.4) is 0 Å². The summed E-state index contributed by atoms with van der Waals surface area (Å²) in [6, 6.07) is 12.4. The van der Waals surface area contributed by atoms with Gasteiger partial charge in [0.1, 0.15) is 12.4 Å². The fourth-order valence-electron chi connectivity index (χ4n) is 2.41. The number of hydrogen-bond donors (Lipinski definition) is 1. The number of benzene rings is 2. The molecule has 0 saturated heterocycles. The highest BCUT2D eigenvalue weighted by Crippen LogP contribution is 2.28. The van der Waals surface area contributed by atoms with Crippen molar-refractivity contribution in [2.75, 3.05) is 26.6 Å². The molecule has 3 aromatic rings. The molecule has 0 aliphatic carbocycles. The fraction of sp³-hybridized carbons (Fsp3) is 0.200. The predicted molar refractivity (Wildman–Crippen MR) is 107 cm³/mol. The summed E-state index contributed by atoms with van der Waals surface area (Å²) in [5.41, 5.74) is 1.93. The first-order valence-electron chi connectivity index (χ1n) is 8.37. The first-order chi connectivity index (χ1) is 13.6. The average molecular weight is 400 g/mol. The van der Waals surface area contributed by atoms with Gasteiger partial charge in [0.15, 0.2) is 16.6 Å². The molecule has 2 aromatic carbocycles.